The lowest BCUT2D eigenvalue weighted by Gasteiger charge is -2.18. The fourth-order valence-electron chi connectivity index (χ4n) is 3.55. The third-order valence-corrected chi connectivity index (χ3v) is 5.23. The first-order valence-electron chi connectivity index (χ1n) is 10.7. The summed E-state index contributed by atoms with van der Waals surface area (Å²) in [5.74, 6) is 0.650. The van der Waals surface area contributed by atoms with Gasteiger partial charge in [0.15, 0.2) is 11.5 Å². The standard InChI is InChI=1S/C25H22N4O5/c1-16-5-8-23-26-19(14-29(23)13-16)15-34-20-4-2-3-17(11-20)24(30)27-28-25(31)18-6-7-21-22(12-18)33-10-9-32-21/h2-8,11-14H,9-10,15H2,1H3,(H,27,30)(H,28,31). The molecule has 0 saturated heterocycles. The number of pyridine rings is 1. The van der Waals surface area contributed by atoms with E-state index in [1.165, 1.54) is 0 Å². The normalized spacial score (nSPS) is 12.3. The van der Waals surface area contributed by atoms with Gasteiger partial charge in [-0.25, -0.2) is 4.98 Å². The zero-order valence-corrected chi connectivity index (χ0v) is 18.4. The number of hydrazine groups is 1. The van der Waals surface area contributed by atoms with Gasteiger partial charge in [-0.05, 0) is 55.0 Å². The van der Waals surface area contributed by atoms with Crippen molar-refractivity contribution >= 4 is 17.5 Å². The van der Waals surface area contributed by atoms with E-state index in [1.54, 1.807) is 42.5 Å². The number of benzene rings is 2. The van der Waals surface area contributed by atoms with Crippen LogP contribution in [0.1, 0.15) is 32.0 Å². The second-order valence-electron chi connectivity index (χ2n) is 7.79. The fraction of sp³-hybridized carbons (Fsp3) is 0.160. The minimum atomic E-state index is -0.473. The van der Waals surface area contributed by atoms with Crippen molar-refractivity contribution in [2.24, 2.45) is 0 Å². The lowest BCUT2D eigenvalue weighted by atomic mass is 10.2. The molecule has 5 rings (SSSR count). The highest BCUT2D eigenvalue weighted by atomic mass is 16.6. The first kappa shape index (κ1) is 21.3. The molecular weight excluding hydrogens is 436 g/mol. The van der Waals surface area contributed by atoms with E-state index in [1.807, 2.05) is 35.9 Å². The molecule has 0 bridgehead atoms. The summed E-state index contributed by atoms with van der Waals surface area (Å²) in [7, 11) is 0. The summed E-state index contributed by atoms with van der Waals surface area (Å²) in [4.78, 5) is 29.5. The van der Waals surface area contributed by atoms with E-state index in [0.29, 0.717) is 41.6 Å². The van der Waals surface area contributed by atoms with Crippen LogP contribution in [0.2, 0.25) is 0 Å². The van der Waals surface area contributed by atoms with Gasteiger partial charge in [-0.15, -0.1) is 0 Å². The molecule has 9 nitrogen and oxygen atoms in total. The Morgan fingerprint density at radius 1 is 0.941 bits per heavy atom. The predicted octanol–water partition coefficient (Wildman–Crippen LogP) is 3.07. The number of ether oxygens (including phenoxy) is 3. The molecule has 2 amide bonds. The third kappa shape index (κ3) is 4.63. The number of imidazole rings is 1. The van der Waals surface area contributed by atoms with Crippen molar-refractivity contribution in [2.45, 2.75) is 13.5 Å². The van der Waals surface area contributed by atoms with Crippen molar-refractivity contribution < 1.29 is 23.8 Å². The number of hydrogen-bond acceptors (Lipinski definition) is 6. The second-order valence-corrected chi connectivity index (χ2v) is 7.79. The van der Waals surface area contributed by atoms with Gasteiger partial charge >= 0.3 is 0 Å². The highest BCUT2D eigenvalue weighted by Gasteiger charge is 2.16. The number of carbonyl (C=O) groups excluding carboxylic acids is 2. The quantitative estimate of drug-likeness (QED) is 0.446. The van der Waals surface area contributed by atoms with Gasteiger partial charge < -0.3 is 18.6 Å². The summed E-state index contributed by atoms with van der Waals surface area (Å²) in [6.07, 6.45) is 3.91. The van der Waals surface area contributed by atoms with Crippen LogP contribution in [0, 0.1) is 6.92 Å². The van der Waals surface area contributed by atoms with Crippen LogP contribution < -0.4 is 25.1 Å². The average molecular weight is 458 g/mol. The van der Waals surface area contributed by atoms with Crippen molar-refractivity contribution in [1.82, 2.24) is 20.2 Å². The molecule has 1 aliphatic heterocycles. The molecule has 0 aliphatic carbocycles. The lowest BCUT2D eigenvalue weighted by molar-refractivity contribution is 0.0846. The summed E-state index contributed by atoms with van der Waals surface area (Å²) in [6.45, 7) is 3.16. The van der Waals surface area contributed by atoms with Crippen LogP contribution in [0.15, 0.2) is 67.0 Å². The molecule has 2 N–H and O–H groups in total. The maximum Gasteiger partial charge on any atom is 0.269 e. The number of amides is 2. The van der Waals surface area contributed by atoms with E-state index in [-0.39, 0.29) is 6.61 Å². The molecule has 3 heterocycles. The van der Waals surface area contributed by atoms with Gasteiger partial charge in [0.1, 0.15) is 31.2 Å². The number of nitrogens with zero attached hydrogens (tertiary/aromatic N) is 2. The van der Waals surface area contributed by atoms with Gasteiger partial charge in [0.05, 0.1) is 5.69 Å². The van der Waals surface area contributed by atoms with Crippen LogP contribution in [0.4, 0.5) is 0 Å². The molecule has 34 heavy (non-hydrogen) atoms. The first-order chi connectivity index (χ1) is 16.5. The molecule has 2 aromatic heterocycles. The highest BCUT2D eigenvalue weighted by Crippen LogP contribution is 2.30. The molecule has 172 valence electrons. The Morgan fingerprint density at radius 3 is 2.53 bits per heavy atom. The Hall–Kier alpha value is -4.53. The number of nitrogens with one attached hydrogen (secondary N) is 2. The Kier molecular flexibility index (Phi) is 5.73. The number of hydrogen-bond donors (Lipinski definition) is 2. The van der Waals surface area contributed by atoms with Crippen LogP contribution in [0.25, 0.3) is 5.65 Å². The van der Waals surface area contributed by atoms with Crippen LogP contribution in [0.3, 0.4) is 0 Å². The molecule has 9 heteroatoms. The van der Waals surface area contributed by atoms with Crippen molar-refractivity contribution in [1.29, 1.82) is 0 Å². The van der Waals surface area contributed by atoms with Crippen molar-refractivity contribution in [2.75, 3.05) is 13.2 Å². The molecule has 0 saturated carbocycles. The predicted molar refractivity (Wildman–Crippen MR) is 123 cm³/mol. The number of rotatable bonds is 5. The van der Waals surface area contributed by atoms with E-state index in [4.69, 9.17) is 14.2 Å². The van der Waals surface area contributed by atoms with Gasteiger partial charge in [-0.1, -0.05) is 12.1 Å². The second kappa shape index (κ2) is 9.14. The van der Waals surface area contributed by atoms with Crippen LogP contribution >= 0.6 is 0 Å². The zero-order chi connectivity index (χ0) is 23.5. The van der Waals surface area contributed by atoms with Crippen molar-refractivity contribution in [3.8, 4) is 17.2 Å². The summed E-state index contributed by atoms with van der Waals surface area (Å²) in [6, 6.07) is 15.5. The minimum absolute atomic E-state index is 0.257. The fourth-order valence-corrected chi connectivity index (χ4v) is 3.55. The van der Waals surface area contributed by atoms with Gasteiger partial charge in [-0.2, -0.15) is 0 Å². The number of fused-ring (bicyclic) bond motifs is 2. The highest BCUT2D eigenvalue weighted by molar-refractivity contribution is 5.99. The Bertz CT molecular complexity index is 1380. The molecule has 0 fully saturated rings. The maximum absolute atomic E-state index is 12.5. The van der Waals surface area contributed by atoms with Crippen LogP contribution in [-0.4, -0.2) is 34.4 Å². The molecule has 2 aromatic carbocycles. The molecule has 0 spiro atoms. The smallest absolute Gasteiger partial charge is 0.269 e. The number of aryl methyl sites for hydroxylation is 1. The summed E-state index contributed by atoms with van der Waals surface area (Å²) < 4.78 is 18.7. The number of carbonyl (C=O) groups is 2. The Balaban J connectivity index is 1.18. The van der Waals surface area contributed by atoms with Crippen LogP contribution in [-0.2, 0) is 6.61 Å². The topological polar surface area (TPSA) is 103 Å². The zero-order valence-electron chi connectivity index (χ0n) is 18.4. The van der Waals surface area contributed by atoms with Gasteiger partial charge in [0.2, 0.25) is 0 Å². The van der Waals surface area contributed by atoms with Crippen molar-refractivity contribution in [3.63, 3.8) is 0 Å². The largest absolute Gasteiger partial charge is 0.487 e. The SMILES string of the molecule is Cc1ccc2nc(COc3cccc(C(=O)NNC(=O)c4ccc5c(c4)OCCO5)c3)cn2c1. The van der Waals surface area contributed by atoms with E-state index < -0.39 is 11.8 Å². The maximum atomic E-state index is 12.5. The van der Waals surface area contributed by atoms with E-state index in [0.717, 1.165) is 16.9 Å². The number of aromatic nitrogens is 2. The summed E-state index contributed by atoms with van der Waals surface area (Å²) >= 11 is 0. The molecule has 0 unspecified atom stereocenters. The third-order valence-electron chi connectivity index (χ3n) is 5.23. The van der Waals surface area contributed by atoms with Gasteiger partial charge in [0.25, 0.3) is 11.8 Å². The van der Waals surface area contributed by atoms with Crippen molar-refractivity contribution in [3.05, 3.63) is 89.4 Å². The van der Waals surface area contributed by atoms with Gasteiger partial charge in [-0.3, -0.25) is 20.4 Å². The minimum Gasteiger partial charge on any atom is -0.487 e. The summed E-state index contributed by atoms with van der Waals surface area (Å²) in [5, 5.41) is 0. The molecule has 1 aliphatic rings. The first-order valence-corrected chi connectivity index (χ1v) is 10.7. The van der Waals surface area contributed by atoms with E-state index >= 15 is 0 Å². The monoisotopic (exact) mass is 458 g/mol. The Morgan fingerprint density at radius 2 is 1.71 bits per heavy atom. The molecular formula is C25H22N4O5. The lowest BCUT2D eigenvalue weighted by Crippen LogP contribution is -2.41. The molecule has 0 atom stereocenters. The Labute approximate surface area is 195 Å². The van der Waals surface area contributed by atoms with Crippen LogP contribution in [0.5, 0.6) is 17.2 Å². The molecule has 4 aromatic rings. The summed E-state index contributed by atoms with van der Waals surface area (Å²) in [5.41, 5.74) is 8.25. The van der Waals surface area contributed by atoms with E-state index in [2.05, 4.69) is 15.8 Å². The molecule has 0 radical (unpaired) electrons. The average Bonchev–Trinajstić information content (AvgIpc) is 3.27. The van der Waals surface area contributed by atoms with Gasteiger partial charge in [0, 0.05) is 23.5 Å². The van der Waals surface area contributed by atoms with E-state index in [9.17, 15) is 9.59 Å².